The summed E-state index contributed by atoms with van der Waals surface area (Å²) in [6.45, 7) is 1.87. The number of carbonyl (C=O) groups is 1. The van der Waals surface area contributed by atoms with Gasteiger partial charge in [-0.25, -0.2) is 0 Å². The van der Waals surface area contributed by atoms with Crippen LogP contribution in [0.1, 0.15) is 16.1 Å². The lowest BCUT2D eigenvalue weighted by Gasteiger charge is -2.11. The number of carbonyl (C=O) groups excluding carboxylic acids is 1. The number of nitrogens with zero attached hydrogens (tertiary/aromatic N) is 1. The third-order valence-electron chi connectivity index (χ3n) is 2.83. The quantitative estimate of drug-likeness (QED) is 0.929. The number of ether oxygens (including phenoxy) is 2. The van der Waals surface area contributed by atoms with E-state index in [-0.39, 0.29) is 5.91 Å². The summed E-state index contributed by atoms with van der Waals surface area (Å²) in [4.78, 5) is 16.2. The molecule has 1 N–H and O–H groups in total. The van der Waals surface area contributed by atoms with Gasteiger partial charge in [0.1, 0.15) is 11.5 Å². The number of pyridine rings is 1. The number of aromatic nitrogens is 1. The number of nitrogens with one attached hydrogen (secondary N) is 1. The largest absolute Gasteiger partial charge is 0.497 e. The van der Waals surface area contributed by atoms with Crippen LogP contribution in [0.2, 0.25) is 0 Å². The molecule has 0 saturated heterocycles. The van der Waals surface area contributed by atoms with E-state index >= 15 is 0 Å². The van der Waals surface area contributed by atoms with Gasteiger partial charge >= 0.3 is 0 Å². The second-order valence-corrected chi connectivity index (χ2v) is 4.21. The van der Waals surface area contributed by atoms with E-state index in [1.807, 2.05) is 6.92 Å². The van der Waals surface area contributed by atoms with Gasteiger partial charge in [0.25, 0.3) is 5.91 Å². The molecule has 104 valence electrons. The van der Waals surface area contributed by atoms with E-state index < -0.39 is 0 Å². The molecule has 20 heavy (non-hydrogen) atoms. The number of anilines is 1. The number of rotatable bonds is 4. The van der Waals surface area contributed by atoms with Crippen molar-refractivity contribution < 1.29 is 14.3 Å². The van der Waals surface area contributed by atoms with Gasteiger partial charge in [-0.1, -0.05) is 0 Å². The van der Waals surface area contributed by atoms with Crippen LogP contribution in [0.15, 0.2) is 36.5 Å². The lowest BCUT2D eigenvalue weighted by atomic mass is 10.2. The van der Waals surface area contributed by atoms with Gasteiger partial charge < -0.3 is 14.8 Å². The van der Waals surface area contributed by atoms with Crippen LogP contribution in [0.25, 0.3) is 0 Å². The Hall–Kier alpha value is -2.56. The van der Waals surface area contributed by atoms with Crippen LogP contribution in [0.5, 0.6) is 11.5 Å². The summed E-state index contributed by atoms with van der Waals surface area (Å²) in [6, 6.07) is 8.73. The highest BCUT2D eigenvalue weighted by Gasteiger charge is 2.11. The van der Waals surface area contributed by atoms with Gasteiger partial charge in [-0.15, -0.1) is 0 Å². The van der Waals surface area contributed by atoms with Crippen LogP contribution in [0, 0.1) is 6.92 Å². The van der Waals surface area contributed by atoms with Gasteiger partial charge in [0.15, 0.2) is 0 Å². The highest BCUT2D eigenvalue weighted by molar-refractivity contribution is 6.04. The maximum Gasteiger partial charge on any atom is 0.257 e. The van der Waals surface area contributed by atoms with Crippen molar-refractivity contribution in [3.8, 4) is 11.5 Å². The van der Waals surface area contributed by atoms with E-state index in [0.29, 0.717) is 22.7 Å². The van der Waals surface area contributed by atoms with Crippen LogP contribution < -0.4 is 14.8 Å². The zero-order valence-electron chi connectivity index (χ0n) is 11.6. The first-order valence-electron chi connectivity index (χ1n) is 6.10. The molecule has 5 heteroatoms. The molecule has 1 aromatic carbocycles. The number of hydrogen-bond donors (Lipinski definition) is 1. The van der Waals surface area contributed by atoms with E-state index in [2.05, 4.69) is 10.3 Å². The Kier molecular flexibility index (Phi) is 4.20. The first kappa shape index (κ1) is 13.9. The molecule has 2 rings (SSSR count). The fourth-order valence-electron chi connectivity index (χ4n) is 1.71. The smallest absolute Gasteiger partial charge is 0.257 e. The average molecular weight is 272 g/mol. The summed E-state index contributed by atoms with van der Waals surface area (Å²) in [6.07, 6.45) is 1.54. The summed E-state index contributed by atoms with van der Waals surface area (Å²) in [5, 5.41) is 2.79. The molecular weight excluding hydrogens is 256 g/mol. The lowest BCUT2D eigenvalue weighted by Crippen LogP contribution is -2.13. The topological polar surface area (TPSA) is 60.5 Å². The summed E-state index contributed by atoms with van der Waals surface area (Å²) >= 11 is 0. The molecule has 0 radical (unpaired) electrons. The highest BCUT2D eigenvalue weighted by atomic mass is 16.5. The minimum atomic E-state index is -0.246. The van der Waals surface area contributed by atoms with Crippen LogP contribution in [-0.4, -0.2) is 25.1 Å². The molecule has 5 nitrogen and oxygen atoms in total. The van der Waals surface area contributed by atoms with Crippen molar-refractivity contribution in [3.63, 3.8) is 0 Å². The molecule has 2 aromatic rings. The van der Waals surface area contributed by atoms with E-state index in [0.717, 1.165) is 5.69 Å². The summed E-state index contributed by atoms with van der Waals surface area (Å²) in [5.74, 6) is 0.964. The van der Waals surface area contributed by atoms with Crippen LogP contribution in [0.4, 0.5) is 5.69 Å². The zero-order valence-corrected chi connectivity index (χ0v) is 11.6. The van der Waals surface area contributed by atoms with E-state index in [9.17, 15) is 4.79 Å². The molecule has 1 heterocycles. The van der Waals surface area contributed by atoms with E-state index in [4.69, 9.17) is 9.47 Å². The Bertz CT molecular complexity index is 609. The van der Waals surface area contributed by atoms with Crippen molar-refractivity contribution in [1.82, 2.24) is 4.98 Å². The highest BCUT2D eigenvalue weighted by Crippen LogP contribution is 2.29. The number of hydrogen-bond acceptors (Lipinski definition) is 4. The molecule has 1 amide bonds. The number of aryl methyl sites for hydroxylation is 1. The summed E-state index contributed by atoms with van der Waals surface area (Å²) < 4.78 is 10.4. The lowest BCUT2D eigenvalue weighted by molar-refractivity contribution is 0.102. The van der Waals surface area contributed by atoms with Crippen LogP contribution in [-0.2, 0) is 0 Å². The predicted molar refractivity (Wildman–Crippen MR) is 76.5 cm³/mol. The molecule has 0 aliphatic rings. The minimum Gasteiger partial charge on any atom is -0.497 e. The third kappa shape index (κ3) is 3.06. The van der Waals surface area contributed by atoms with Gasteiger partial charge in [0.05, 0.1) is 25.5 Å². The van der Waals surface area contributed by atoms with E-state index in [1.165, 1.54) is 6.20 Å². The number of amides is 1. The average Bonchev–Trinajstić information content (AvgIpc) is 2.47. The van der Waals surface area contributed by atoms with Gasteiger partial charge in [-0.2, -0.15) is 0 Å². The molecule has 1 aromatic heterocycles. The van der Waals surface area contributed by atoms with Gasteiger partial charge in [-0.3, -0.25) is 9.78 Å². The Morgan fingerprint density at radius 1 is 1.15 bits per heavy atom. The Morgan fingerprint density at radius 2 is 1.95 bits per heavy atom. The molecule has 0 aliphatic carbocycles. The van der Waals surface area contributed by atoms with Crippen LogP contribution in [0.3, 0.4) is 0 Å². The molecule has 0 saturated carbocycles. The molecule has 0 aliphatic heterocycles. The van der Waals surface area contributed by atoms with Crippen molar-refractivity contribution >= 4 is 11.6 Å². The normalized spacial score (nSPS) is 9.95. The second-order valence-electron chi connectivity index (χ2n) is 4.21. The second kappa shape index (κ2) is 6.06. The summed E-state index contributed by atoms with van der Waals surface area (Å²) in [5.41, 5.74) is 1.90. The monoisotopic (exact) mass is 272 g/mol. The van der Waals surface area contributed by atoms with E-state index in [1.54, 1.807) is 44.6 Å². The molecule has 0 atom stereocenters. The molecule has 0 fully saturated rings. The van der Waals surface area contributed by atoms with Crippen molar-refractivity contribution in [2.45, 2.75) is 6.92 Å². The SMILES string of the molecule is COc1ccc(OC)c(NC(=O)c2ccc(C)nc2)c1. The Morgan fingerprint density at radius 3 is 2.55 bits per heavy atom. The Labute approximate surface area is 117 Å². The first-order chi connectivity index (χ1) is 9.63. The molecular formula is C15H16N2O3. The van der Waals surface area contributed by atoms with Crippen molar-refractivity contribution in [1.29, 1.82) is 0 Å². The minimum absolute atomic E-state index is 0.246. The number of methoxy groups -OCH3 is 2. The maximum absolute atomic E-state index is 12.1. The molecule has 0 bridgehead atoms. The zero-order chi connectivity index (χ0) is 14.5. The Balaban J connectivity index is 2.24. The third-order valence-corrected chi connectivity index (χ3v) is 2.83. The van der Waals surface area contributed by atoms with Crippen molar-refractivity contribution in [2.24, 2.45) is 0 Å². The van der Waals surface area contributed by atoms with Gasteiger partial charge in [-0.05, 0) is 31.2 Å². The fraction of sp³-hybridized carbons (Fsp3) is 0.200. The van der Waals surface area contributed by atoms with Crippen LogP contribution >= 0.6 is 0 Å². The predicted octanol–water partition coefficient (Wildman–Crippen LogP) is 2.66. The first-order valence-corrected chi connectivity index (χ1v) is 6.10. The fourth-order valence-corrected chi connectivity index (χ4v) is 1.71. The van der Waals surface area contributed by atoms with Gasteiger partial charge in [0, 0.05) is 18.0 Å². The van der Waals surface area contributed by atoms with Gasteiger partial charge in [0.2, 0.25) is 0 Å². The van der Waals surface area contributed by atoms with Crippen molar-refractivity contribution in [2.75, 3.05) is 19.5 Å². The number of benzene rings is 1. The molecule has 0 spiro atoms. The maximum atomic E-state index is 12.1. The standard InChI is InChI=1S/C15H16N2O3/c1-10-4-5-11(9-16-10)15(18)17-13-8-12(19-2)6-7-14(13)20-3/h4-9H,1-3H3,(H,17,18). The van der Waals surface area contributed by atoms with Crippen molar-refractivity contribution in [3.05, 3.63) is 47.8 Å². The molecule has 0 unspecified atom stereocenters. The summed E-state index contributed by atoms with van der Waals surface area (Å²) in [7, 11) is 3.11.